The highest BCUT2D eigenvalue weighted by molar-refractivity contribution is 8.04. The largest absolute Gasteiger partial charge is 0.349 e. The molecule has 30 heavy (non-hydrogen) atoms. The molecular formula is C25H28N2O2S. The number of anilines is 1. The zero-order chi connectivity index (χ0) is 21.3. The van der Waals surface area contributed by atoms with Gasteiger partial charge in [-0.1, -0.05) is 68.3 Å². The maximum Gasteiger partial charge on any atom is 0.262 e. The third-order valence-electron chi connectivity index (χ3n) is 6.33. The number of hydrogen-bond acceptors (Lipinski definition) is 3. The lowest BCUT2D eigenvalue weighted by atomic mass is 9.78. The minimum absolute atomic E-state index is 0.0657. The number of nitrogens with one attached hydrogen (secondary N) is 2. The van der Waals surface area contributed by atoms with E-state index in [0.717, 1.165) is 23.3 Å². The van der Waals surface area contributed by atoms with Crippen LogP contribution in [0, 0.1) is 18.8 Å². The number of amides is 2. The highest BCUT2D eigenvalue weighted by Gasteiger charge is 2.29. The van der Waals surface area contributed by atoms with Gasteiger partial charge in [0.1, 0.15) is 0 Å². The fourth-order valence-corrected chi connectivity index (χ4v) is 5.08. The molecule has 156 valence electrons. The molecule has 5 heteroatoms. The topological polar surface area (TPSA) is 58.2 Å². The molecule has 1 saturated carbocycles. The van der Waals surface area contributed by atoms with E-state index in [4.69, 9.17) is 0 Å². The second kappa shape index (κ2) is 8.68. The van der Waals surface area contributed by atoms with Crippen LogP contribution >= 0.6 is 11.8 Å². The molecule has 0 aromatic heterocycles. The third kappa shape index (κ3) is 4.46. The summed E-state index contributed by atoms with van der Waals surface area (Å²) in [6.45, 7) is 6.52. The van der Waals surface area contributed by atoms with Gasteiger partial charge in [0.05, 0.1) is 10.6 Å². The lowest BCUT2D eigenvalue weighted by Gasteiger charge is -2.34. The van der Waals surface area contributed by atoms with Crippen molar-refractivity contribution in [1.82, 2.24) is 5.32 Å². The van der Waals surface area contributed by atoms with Gasteiger partial charge in [0.15, 0.2) is 0 Å². The van der Waals surface area contributed by atoms with E-state index in [1.54, 1.807) is 6.07 Å². The van der Waals surface area contributed by atoms with Crippen LogP contribution in [-0.2, 0) is 4.79 Å². The number of benzene rings is 2. The quantitative estimate of drug-likeness (QED) is 0.632. The molecule has 4 nitrogen and oxygen atoms in total. The number of thioether (sulfide) groups is 1. The fraction of sp³-hybridized carbons (Fsp3) is 0.360. The average molecular weight is 421 g/mol. The molecule has 0 spiro atoms. The third-order valence-corrected chi connectivity index (χ3v) is 7.43. The van der Waals surface area contributed by atoms with Crippen LogP contribution in [0.3, 0.4) is 0 Å². The predicted octanol–water partition coefficient (Wildman–Crippen LogP) is 5.63. The summed E-state index contributed by atoms with van der Waals surface area (Å²) in [6.07, 6.45) is 5.31. The Morgan fingerprint density at radius 3 is 2.67 bits per heavy atom. The zero-order valence-corrected chi connectivity index (χ0v) is 18.5. The number of rotatable bonds is 3. The summed E-state index contributed by atoms with van der Waals surface area (Å²) in [4.78, 5) is 27.0. The van der Waals surface area contributed by atoms with E-state index in [1.165, 1.54) is 23.7 Å². The van der Waals surface area contributed by atoms with Crippen molar-refractivity contribution < 1.29 is 9.59 Å². The Kier molecular flexibility index (Phi) is 6.00. The first-order chi connectivity index (χ1) is 14.4. The highest BCUT2D eigenvalue weighted by atomic mass is 32.2. The second-order valence-corrected chi connectivity index (χ2v) is 9.62. The van der Waals surface area contributed by atoms with Gasteiger partial charge in [0.25, 0.3) is 11.8 Å². The van der Waals surface area contributed by atoms with Crippen molar-refractivity contribution >= 4 is 35.3 Å². The van der Waals surface area contributed by atoms with E-state index in [9.17, 15) is 9.59 Å². The first kappa shape index (κ1) is 20.7. The predicted molar refractivity (Wildman–Crippen MR) is 124 cm³/mol. The Hall–Kier alpha value is -2.53. The fourth-order valence-electron chi connectivity index (χ4n) is 4.15. The van der Waals surface area contributed by atoms with Crippen molar-refractivity contribution in [2.45, 2.75) is 51.0 Å². The summed E-state index contributed by atoms with van der Waals surface area (Å²) in [5, 5.41) is 6.16. The van der Waals surface area contributed by atoms with Crippen LogP contribution in [-0.4, -0.2) is 17.9 Å². The van der Waals surface area contributed by atoms with Crippen LogP contribution in [0.1, 0.15) is 54.6 Å². The van der Waals surface area contributed by atoms with Crippen LogP contribution in [0.2, 0.25) is 0 Å². The number of hydrogen-bond donors (Lipinski definition) is 2. The number of aryl methyl sites for hydroxylation is 1. The zero-order valence-electron chi connectivity index (χ0n) is 17.7. The van der Waals surface area contributed by atoms with Gasteiger partial charge in [-0.15, -0.1) is 0 Å². The first-order valence-corrected chi connectivity index (χ1v) is 11.4. The van der Waals surface area contributed by atoms with E-state index >= 15 is 0 Å². The molecule has 2 aliphatic rings. The summed E-state index contributed by atoms with van der Waals surface area (Å²) in [7, 11) is 0. The Morgan fingerprint density at radius 2 is 1.90 bits per heavy atom. The van der Waals surface area contributed by atoms with Crippen molar-refractivity contribution in [2.24, 2.45) is 11.8 Å². The van der Waals surface area contributed by atoms with Gasteiger partial charge in [-0.2, -0.15) is 0 Å². The molecule has 0 saturated heterocycles. The second-order valence-electron chi connectivity index (χ2n) is 8.53. The summed E-state index contributed by atoms with van der Waals surface area (Å²) < 4.78 is 0. The van der Waals surface area contributed by atoms with Crippen LogP contribution in [0.5, 0.6) is 0 Å². The van der Waals surface area contributed by atoms with Crippen LogP contribution in [0.25, 0.3) is 6.08 Å². The molecule has 0 unspecified atom stereocenters. The molecule has 0 bridgehead atoms. The number of carbonyl (C=O) groups excluding carboxylic acids is 2. The van der Waals surface area contributed by atoms with E-state index in [1.807, 2.05) is 49.4 Å². The van der Waals surface area contributed by atoms with Gasteiger partial charge in [-0.3, -0.25) is 9.59 Å². The van der Waals surface area contributed by atoms with Gasteiger partial charge < -0.3 is 10.6 Å². The van der Waals surface area contributed by atoms with Crippen molar-refractivity contribution in [3.05, 3.63) is 64.1 Å². The molecule has 2 aromatic rings. The summed E-state index contributed by atoms with van der Waals surface area (Å²) in [5.74, 6) is 0.899. The Morgan fingerprint density at radius 1 is 1.13 bits per heavy atom. The van der Waals surface area contributed by atoms with Crippen molar-refractivity contribution in [2.75, 3.05) is 5.32 Å². The van der Waals surface area contributed by atoms with Crippen molar-refractivity contribution in [3.63, 3.8) is 0 Å². The average Bonchev–Trinajstić information content (AvgIpc) is 2.73. The molecule has 2 amide bonds. The monoisotopic (exact) mass is 420 g/mol. The van der Waals surface area contributed by atoms with Gasteiger partial charge in [0, 0.05) is 16.5 Å². The molecule has 2 N–H and O–H groups in total. The smallest absolute Gasteiger partial charge is 0.262 e. The molecule has 1 heterocycles. The molecule has 1 aliphatic heterocycles. The van der Waals surface area contributed by atoms with Gasteiger partial charge in [-0.05, 0) is 55.0 Å². The summed E-state index contributed by atoms with van der Waals surface area (Å²) >= 11 is 1.44. The van der Waals surface area contributed by atoms with E-state index < -0.39 is 0 Å². The van der Waals surface area contributed by atoms with Gasteiger partial charge in [0.2, 0.25) is 0 Å². The Balaban J connectivity index is 1.49. The maximum absolute atomic E-state index is 12.8. The van der Waals surface area contributed by atoms with Crippen molar-refractivity contribution in [1.29, 1.82) is 0 Å². The van der Waals surface area contributed by atoms with E-state index in [-0.39, 0.29) is 17.9 Å². The van der Waals surface area contributed by atoms with Gasteiger partial charge in [-0.25, -0.2) is 0 Å². The molecule has 1 aliphatic carbocycles. The molecule has 1 fully saturated rings. The normalized spacial score (nSPS) is 24.8. The Bertz CT molecular complexity index is 997. The highest BCUT2D eigenvalue weighted by Crippen LogP contribution is 2.39. The first-order valence-electron chi connectivity index (χ1n) is 10.6. The lowest BCUT2D eigenvalue weighted by Crippen LogP contribution is -2.43. The van der Waals surface area contributed by atoms with Crippen LogP contribution in [0.4, 0.5) is 5.69 Å². The molecule has 2 aromatic carbocycles. The Labute approximate surface area is 182 Å². The minimum Gasteiger partial charge on any atom is -0.349 e. The van der Waals surface area contributed by atoms with Crippen LogP contribution in [0.15, 0.2) is 52.3 Å². The molecular weight excluding hydrogens is 392 g/mol. The summed E-state index contributed by atoms with van der Waals surface area (Å²) in [6, 6.07) is 13.8. The lowest BCUT2D eigenvalue weighted by molar-refractivity contribution is -0.112. The van der Waals surface area contributed by atoms with Crippen molar-refractivity contribution in [3.8, 4) is 0 Å². The van der Waals surface area contributed by atoms with E-state index in [0.29, 0.717) is 28.0 Å². The maximum atomic E-state index is 12.8. The number of carbonyl (C=O) groups is 2. The standard InChI is InChI=1S/C25H28N2O2S/c1-15-7-9-18(10-8-15)13-23-25(29)27-21-14-19(11-12-22(21)30-23)24(28)26-20-6-4-5-16(2)17(20)3/h7-14,16-17,20H,4-6H2,1-3H3,(H,26,28)(H,27,29)/b23-13+/t16-,17-,20+/m0/s1. The number of fused-ring (bicyclic) bond motifs is 1. The SMILES string of the molecule is Cc1ccc(/C=C2/Sc3ccc(C(=O)N[C@@H]4CCC[C@H](C)[C@@H]4C)cc3NC2=O)cc1. The molecule has 0 radical (unpaired) electrons. The van der Waals surface area contributed by atoms with Crippen LogP contribution < -0.4 is 10.6 Å². The molecule has 4 rings (SSSR count). The summed E-state index contributed by atoms with van der Waals surface area (Å²) in [5.41, 5.74) is 3.47. The van der Waals surface area contributed by atoms with Gasteiger partial charge >= 0.3 is 0 Å². The van der Waals surface area contributed by atoms with E-state index in [2.05, 4.69) is 24.5 Å². The molecule has 3 atom stereocenters. The minimum atomic E-state index is -0.139.